The molecule has 1 aromatic carbocycles. The average Bonchev–Trinajstić information content (AvgIpc) is 3.05. The highest BCUT2D eigenvalue weighted by Gasteiger charge is 2.21. The van der Waals surface area contributed by atoms with Crippen LogP contribution < -0.4 is 5.32 Å². The lowest BCUT2D eigenvalue weighted by Gasteiger charge is -1.99. The van der Waals surface area contributed by atoms with Crippen LogP contribution in [0.4, 0.5) is 4.39 Å². The molecule has 4 nitrogen and oxygen atoms in total. The van der Waals surface area contributed by atoms with Gasteiger partial charge in [-0.05, 0) is 53.6 Å². The molecule has 0 spiro atoms. The highest BCUT2D eigenvalue weighted by Crippen LogP contribution is 2.25. The van der Waals surface area contributed by atoms with Gasteiger partial charge in [-0.2, -0.15) is 0 Å². The van der Waals surface area contributed by atoms with E-state index in [1.165, 1.54) is 25.0 Å². The average molecular weight is 359 g/mol. The minimum Gasteiger partial charge on any atom is -0.419 e. The Kier molecular flexibility index (Phi) is 3.29. The lowest BCUT2D eigenvalue weighted by atomic mass is 10.2. The molecular formula is C12H11FIN3O. The van der Waals surface area contributed by atoms with Crippen LogP contribution in [-0.4, -0.2) is 16.2 Å². The van der Waals surface area contributed by atoms with E-state index in [0.717, 1.165) is 9.13 Å². The molecule has 6 heteroatoms. The van der Waals surface area contributed by atoms with E-state index in [9.17, 15) is 4.39 Å². The van der Waals surface area contributed by atoms with Gasteiger partial charge in [-0.15, -0.1) is 10.2 Å². The smallest absolute Gasteiger partial charge is 0.248 e. The second kappa shape index (κ2) is 4.93. The third kappa shape index (κ3) is 2.69. The van der Waals surface area contributed by atoms with Gasteiger partial charge in [0.25, 0.3) is 0 Å². The van der Waals surface area contributed by atoms with Crippen molar-refractivity contribution in [2.24, 2.45) is 0 Å². The predicted octanol–water partition coefficient (Wildman–Crippen LogP) is 2.73. The maximum Gasteiger partial charge on any atom is 0.248 e. The Morgan fingerprint density at radius 2 is 2.22 bits per heavy atom. The molecule has 2 aromatic rings. The topological polar surface area (TPSA) is 51.0 Å². The Hall–Kier alpha value is -1.02. The molecule has 1 aliphatic carbocycles. The minimum absolute atomic E-state index is 0.265. The second-order valence-electron chi connectivity index (χ2n) is 4.28. The summed E-state index contributed by atoms with van der Waals surface area (Å²) < 4.78 is 19.3. The molecule has 1 fully saturated rings. The van der Waals surface area contributed by atoms with Gasteiger partial charge in [0.15, 0.2) is 0 Å². The third-order valence-corrected chi connectivity index (χ3v) is 3.64. The largest absolute Gasteiger partial charge is 0.419 e. The molecule has 1 N–H and O–H groups in total. The third-order valence-electron chi connectivity index (χ3n) is 2.75. The van der Waals surface area contributed by atoms with Gasteiger partial charge in [-0.1, -0.05) is 0 Å². The Morgan fingerprint density at radius 1 is 1.39 bits per heavy atom. The number of hydrogen-bond donors (Lipinski definition) is 1. The molecule has 1 aromatic heterocycles. The zero-order valence-corrected chi connectivity index (χ0v) is 11.6. The number of rotatable bonds is 4. The molecular weight excluding hydrogens is 348 g/mol. The van der Waals surface area contributed by atoms with Crippen LogP contribution in [0.1, 0.15) is 18.7 Å². The number of nitrogens with zero attached hydrogens (tertiary/aromatic N) is 2. The zero-order valence-electron chi connectivity index (χ0n) is 9.49. The molecule has 0 radical (unpaired) electrons. The van der Waals surface area contributed by atoms with E-state index in [-0.39, 0.29) is 5.82 Å². The highest BCUT2D eigenvalue weighted by atomic mass is 127. The predicted molar refractivity (Wildman–Crippen MR) is 72.3 cm³/mol. The van der Waals surface area contributed by atoms with Crippen LogP contribution in [0.15, 0.2) is 22.6 Å². The lowest BCUT2D eigenvalue weighted by molar-refractivity contribution is 0.476. The first-order chi connectivity index (χ1) is 8.72. The highest BCUT2D eigenvalue weighted by molar-refractivity contribution is 14.1. The molecule has 1 heterocycles. The van der Waals surface area contributed by atoms with E-state index in [1.807, 2.05) is 0 Å². The molecule has 0 saturated heterocycles. The van der Waals surface area contributed by atoms with E-state index in [2.05, 4.69) is 38.1 Å². The first-order valence-electron chi connectivity index (χ1n) is 5.73. The van der Waals surface area contributed by atoms with Crippen molar-refractivity contribution in [3.8, 4) is 11.5 Å². The zero-order chi connectivity index (χ0) is 12.5. The van der Waals surface area contributed by atoms with Crippen molar-refractivity contribution in [2.45, 2.75) is 25.4 Å². The molecule has 0 atom stereocenters. The van der Waals surface area contributed by atoms with E-state index >= 15 is 0 Å². The Labute approximate surface area is 117 Å². The van der Waals surface area contributed by atoms with Crippen molar-refractivity contribution in [1.29, 1.82) is 0 Å². The Morgan fingerprint density at radius 3 is 2.94 bits per heavy atom. The first-order valence-corrected chi connectivity index (χ1v) is 6.81. The summed E-state index contributed by atoms with van der Waals surface area (Å²) in [5, 5.41) is 11.3. The molecule has 1 saturated carbocycles. The first kappa shape index (κ1) is 12.0. The molecule has 0 aliphatic heterocycles. The van der Waals surface area contributed by atoms with E-state index in [4.69, 9.17) is 4.42 Å². The van der Waals surface area contributed by atoms with E-state index in [0.29, 0.717) is 24.4 Å². The maximum atomic E-state index is 13.0. The number of benzene rings is 1. The quantitative estimate of drug-likeness (QED) is 0.853. The number of halogens is 2. The van der Waals surface area contributed by atoms with Crippen LogP contribution in [0.2, 0.25) is 0 Å². The van der Waals surface area contributed by atoms with Crippen molar-refractivity contribution in [1.82, 2.24) is 15.5 Å². The minimum atomic E-state index is -0.265. The fraction of sp³-hybridized carbons (Fsp3) is 0.333. The van der Waals surface area contributed by atoms with Crippen LogP contribution in [-0.2, 0) is 6.54 Å². The molecule has 3 rings (SSSR count). The summed E-state index contributed by atoms with van der Waals surface area (Å²) in [4.78, 5) is 0. The number of aromatic nitrogens is 2. The summed E-state index contributed by atoms with van der Waals surface area (Å²) in [7, 11) is 0. The summed E-state index contributed by atoms with van der Waals surface area (Å²) in [6.07, 6.45) is 2.44. The van der Waals surface area contributed by atoms with Crippen LogP contribution >= 0.6 is 22.6 Å². The summed E-state index contributed by atoms with van der Waals surface area (Å²) >= 11 is 2.06. The van der Waals surface area contributed by atoms with Crippen molar-refractivity contribution in [2.75, 3.05) is 0 Å². The van der Waals surface area contributed by atoms with Gasteiger partial charge in [0.05, 0.1) is 12.1 Å². The van der Waals surface area contributed by atoms with Crippen molar-refractivity contribution in [3.05, 3.63) is 33.5 Å². The Bertz CT molecular complexity index is 568. The van der Waals surface area contributed by atoms with Crippen molar-refractivity contribution in [3.63, 3.8) is 0 Å². The Balaban J connectivity index is 1.78. The van der Waals surface area contributed by atoms with Gasteiger partial charge >= 0.3 is 0 Å². The fourth-order valence-electron chi connectivity index (χ4n) is 1.62. The van der Waals surface area contributed by atoms with Crippen LogP contribution in [0.25, 0.3) is 11.5 Å². The molecule has 94 valence electrons. The molecule has 0 bridgehead atoms. The normalized spacial score (nSPS) is 15.0. The molecule has 0 amide bonds. The van der Waals surface area contributed by atoms with Gasteiger partial charge in [0.2, 0.25) is 11.8 Å². The van der Waals surface area contributed by atoms with Gasteiger partial charge in [-0.3, -0.25) is 0 Å². The van der Waals surface area contributed by atoms with Crippen molar-refractivity contribution >= 4 is 22.6 Å². The van der Waals surface area contributed by atoms with E-state index < -0.39 is 0 Å². The summed E-state index contributed by atoms with van der Waals surface area (Å²) in [6.45, 7) is 0.593. The summed E-state index contributed by atoms with van der Waals surface area (Å²) in [5.74, 6) is 0.738. The van der Waals surface area contributed by atoms with Crippen LogP contribution in [0, 0.1) is 9.39 Å². The maximum absolute atomic E-state index is 13.0. The fourth-order valence-corrected chi connectivity index (χ4v) is 2.32. The van der Waals surface area contributed by atoms with Gasteiger partial charge in [0, 0.05) is 9.61 Å². The SMILES string of the molecule is Fc1ccc(-c2nnc(CNC3CC3)o2)c(I)c1. The summed E-state index contributed by atoms with van der Waals surface area (Å²) in [5.41, 5.74) is 0.766. The standard InChI is InChI=1S/C12H11FIN3O/c13-7-1-4-9(10(14)5-7)12-17-16-11(18-12)6-15-8-2-3-8/h1,4-5,8,15H,2-3,6H2. The number of nitrogens with one attached hydrogen (secondary N) is 1. The summed E-state index contributed by atoms with van der Waals surface area (Å²) in [6, 6.07) is 5.10. The molecule has 18 heavy (non-hydrogen) atoms. The van der Waals surface area contributed by atoms with Gasteiger partial charge < -0.3 is 9.73 Å². The van der Waals surface area contributed by atoms with E-state index in [1.54, 1.807) is 6.07 Å². The van der Waals surface area contributed by atoms with Crippen LogP contribution in [0.5, 0.6) is 0 Å². The van der Waals surface area contributed by atoms with Crippen molar-refractivity contribution < 1.29 is 8.81 Å². The molecule has 0 unspecified atom stereocenters. The van der Waals surface area contributed by atoms with Gasteiger partial charge in [0.1, 0.15) is 5.82 Å². The monoisotopic (exact) mass is 359 g/mol. The second-order valence-corrected chi connectivity index (χ2v) is 5.44. The molecule has 1 aliphatic rings. The lowest BCUT2D eigenvalue weighted by Crippen LogP contribution is -2.15. The van der Waals surface area contributed by atoms with Gasteiger partial charge in [-0.25, -0.2) is 4.39 Å². The van der Waals surface area contributed by atoms with Crippen LogP contribution in [0.3, 0.4) is 0 Å². The number of hydrogen-bond acceptors (Lipinski definition) is 4.